The molecule has 0 spiro atoms. The third kappa shape index (κ3) is 6.82. The Labute approximate surface area is 210 Å². The van der Waals surface area contributed by atoms with Crippen LogP contribution in [0.1, 0.15) is 35.9 Å². The smallest absolute Gasteiger partial charge is 0.304 e. The normalized spacial score (nSPS) is 15.0. The van der Waals surface area contributed by atoms with Gasteiger partial charge in [-0.05, 0) is 30.9 Å². The first kappa shape index (κ1) is 25.6. The Bertz CT molecular complexity index is 1360. The molecule has 1 aliphatic rings. The van der Waals surface area contributed by atoms with Gasteiger partial charge in [0.1, 0.15) is 16.3 Å². The number of nitrogens with one attached hydrogen (secondary N) is 2. The minimum absolute atomic E-state index is 0.0449. The molecule has 13 heteroatoms. The summed E-state index contributed by atoms with van der Waals surface area (Å²) in [6, 6.07) is 7.69. The molecule has 2 heterocycles. The molecule has 36 heavy (non-hydrogen) atoms. The van der Waals surface area contributed by atoms with E-state index in [1.54, 1.807) is 30.3 Å². The summed E-state index contributed by atoms with van der Waals surface area (Å²) in [6.07, 6.45) is 5.52. The number of ether oxygens (including phenoxy) is 1. The van der Waals surface area contributed by atoms with Crippen molar-refractivity contribution in [1.82, 2.24) is 20.3 Å². The SMILES string of the molecule is CC(F)(F)c1nc(Nc2cncs2)c(C(=O)N[C@H](/C=C/S(C)(=O)=O)C2CC2)c(Oc2ccccc2)n1. The van der Waals surface area contributed by atoms with Gasteiger partial charge in [-0.1, -0.05) is 24.3 Å². The van der Waals surface area contributed by atoms with Gasteiger partial charge in [0.2, 0.25) is 11.7 Å². The van der Waals surface area contributed by atoms with Gasteiger partial charge in [-0.15, -0.1) is 11.3 Å². The molecule has 0 radical (unpaired) electrons. The molecule has 1 aliphatic carbocycles. The van der Waals surface area contributed by atoms with Gasteiger partial charge in [-0.25, -0.2) is 13.4 Å². The first-order chi connectivity index (χ1) is 17.0. The second-order valence-electron chi connectivity index (χ2n) is 8.36. The summed E-state index contributed by atoms with van der Waals surface area (Å²) < 4.78 is 57.7. The van der Waals surface area contributed by atoms with Crippen LogP contribution < -0.4 is 15.4 Å². The second-order valence-corrected chi connectivity index (χ2v) is 11.2. The van der Waals surface area contributed by atoms with Crippen LogP contribution in [0.25, 0.3) is 0 Å². The van der Waals surface area contributed by atoms with Crippen molar-refractivity contribution in [2.24, 2.45) is 5.92 Å². The number of rotatable bonds is 10. The van der Waals surface area contributed by atoms with Gasteiger partial charge < -0.3 is 15.4 Å². The monoisotopic (exact) mass is 535 g/mol. The van der Waals surface area contributed by atoms with Crippen LogP contribution in [0.5, 0.6) is 11.6 Å². The predicted octanol–water partition coefficient (Wildman–Crippen LogP) is 4.65. The van der Waals surface area contributed by atoms with E-state index in [2.05, 4.69) is 25.6 Å². The summed E-state index contributed by atoms with van der Waals surface area (Å²) in [4.78, 5) is 25.3. The first-order valence-corrected chi connectivity index (χ1v) is 13.7. The van der Waals surface area contributed by atoms with Crippen LogP contribution in [-0.4, -0.2) is 41.6 Å². The molecule has 2 N–H and O–H groups in total. The summed E-state index contributed by atoms with van der Waals surface area (Å²) in [7, 11) is -3.42. The summed E-state index contributed by atoms with van der Waals surface area (Å²) in [5.74, 6) is -5.24. The zero-order chi connectivity index (χ0) is 25.9. The molecule has 1 atom stereocenters. The first-order valence-electron chi connectivity index (χ1n) is 10.9. The van der Waals surface area contributed by atoms with Crippen molar-refractivity contribution >= 4 is 37.9 Å². The van der Waals surface area contributed by atoms with E-state index in [9.17, 15) is 22.0 Å². The highest BCUT2D eigenvalue weighted by atomic mass is 32.2. The average Bonchev–Trinajstić information content (AvgIpc) is 3.52. The van der Waals surface area contributed by atoms with Crippen molar-refractivity contribution in [3.8, 4) is 11.6 Å². The van der Waals surface area contributed by atoms with Crippen molar-refractivity contribution in [2.45, 2.75) is 31.7 Å². The minimum Gasteiger partial charge on any atom is -0.438 e. The van der Waals surface area contributed by atoms with Gasteiger partial charge in [-0.2, -0.15) is 13.8 Å². The number of halogens is 2. The van der Waals surface area contributed by atoms with Gasteiger partial charge in [0, 0.05) is 18.6 Å². The molecule has 1 saturated carbocycles. The second kappa shape index (κ2) is 10.3. The largest absolute Gasteiger partial charge is 0.438 e. The Kier molecular flexibility index (Phi) is 7.31. The molecule has 190 valence electrons. The molecule has 3 aromatic rings. The van der Waals surface area contributed by atoms with Crippen LogP contribution >= 0.6 is 11.3 Å². The number of hydrogen-bond acceptors (Lipinski definition) is 9. The van der Waals surface area contributed by atoms with Crippen LogP contribution in [-0.2, 0) is 15.8 Å². The maximum atomic E-state index is 14.3. The van der Waals surface area contributed by atoms with Crippen molar-refractivity contribution in [1.29, 1.82) is 0 Å². The van der Waals surface area contributed by atoms with E-state index in [4.69, 9.17) is 4.74 Å². The molecule has 9 nitrogen and oxygen atoms in total. The molecule has 0 unspecified atom stereocenters. The van der Waals surface area contributed by atoms with Gasteiger partial charge in [0.15, 0.2) is 15.7 Å². The van der Waals surface area contributed by atoms with Crippen LogP contribution in [0.3, 0.4) is 0 Å². The Morgan fingerprint density at radius 3 is 2.56 bits per heavy atom. The van der Waals surface area contributed by atoms with Crippen LogP contribution in [0.4, 0.5) is 19.6 Å². The maximum Gasteiger partial charge on any atom is 0.304 e. The molecular weight excluding hydrogens is 512 g/mol. The highest BCUT2D eigenvalue weighted by Gasteiger charge is 2.36. The zero-order valence-electron chi connectivity index (χ0n) is 19.3. The number of amides is 1. The number of thiazole rings is 1. The van der Waals surface area contributed by atoms with E-state index in [0.717, 1.165) is 24.5 Å². The Balaban J connectivity index is 1.79. The fraction of sp³-hybridized carbons (Fsp3) is 0.304. The lowest BCUT2D eigenvalue weighted by Crippen LogP contribution is -2.36. The topological polar surface area (TPSA) is 123 Å². The number of hydrogen-bond donors (Lipinski definition) is 2. The fourth-order valence-corrected chi connectivity index (χ4v) is 4.20. The predicted molar refractivity (Wildman–Crippen MR) is 131 cm³/mol. The van der Waals surface area contributed by atoms with E-state index in [1.807, 2.05) is 0 Å². The number of alkyl halides is 2. The van der Waals surface area contributed by atoms with Crippen molar-refractivity contribution in [2.75, 3.05) is 11.6 Å². The summed E-state index contributed by atoms with van der Waals surface area (Å²) in [5.41, 5.74) is 1.32. The third-order valence-corrected chi connectivity index (χ3v) is 6.43. The summed E-state index contributed by atoms with van der Waals surface area (Å²) in [6.45, 7) is 0.643. The van der Waals surface area contributed by atoms with Gasteiger partial charge in [0.05, 0.1) is 17.7 Å². The van der Waals surface area contributed by atoms with E-state index in [-0.39, 0.29) is 28.9 Å². The third-order valence-electron chi connectivity index (χ3n) is 5.09. The van der Waals surface area contributed by atoms with Crippen molar-refractivity contribution in [3.05, 3.63) is 64.9 Å². The Morgan fingerprint density at radius 1 is 1.25 bits per heavy atom. The van der Waals surface area contributed by atoms with Gasteiger partial charge >= 0.3 is 5.92 Å². The summed E-state index contributed by atoms with van der Waals surface area (Å²) in [5, 5.41) is 7.13. The molecule has 2 aromatic heterocycles. The minimum atomic E-state index is -3.43. The van der Waals surface area contributed by atoms with Crippen molar-refractivity contribution < 1.29 is 26.7 Å². The number of nitrogens with zero attached hydrogens (tertiary/aromatic N) is 3. The van der Waals surface area contributed by atoms with Gasteiger partial charge in [0.25, 0.3) is 5.91 Å². The van der Waals surface area contributed by atoms with E-state index < -0.39 is 33.5 Å². The number of aromatic nitrogens is 3. The van der Waals surface area contributed by atoms with Crippen LogP contribution in [0.15, 0.2) is 53.5 Å². The number of carbonyl (C=O) groups excluding carboxylic acids is 1. The lowest BCUT2D eigenvalue weighted by Gasteiger charge is -2.20. The molecule has 0 aliphatic heterocycles. The van der Waals surface area contributed by atoms with E-state index >= 15 is 0 Å². The molecular formula is C23H23F2N5O4S2. The Hall–Kier alpha value is -3.45. The lowest BCUT2D eigenvalue weighted by molar-refractivity contribution is 0.00725. The number of para-hydroxylation sites is 1. The molecule has 0 bridgehead atoms. The number of carbonyl (C=O) groups is 1. The number of benzene rings is 1. The fourth-order valence-electron chi connectivity index (χ4n) is 3.23. The molecule has 1 fully saturated rings. The molecule has 4 rings (SSSR count). The standard InChI is InChI=1S/C23H23F2N5O4S2/c1-23(24,25)22-29-19(28-17-12-26-13-35-17)18(21(30-22)34-15-6-4-3-5-7-15)20(31)27-16(14-8-9-14)10-11-36(2,32)33/h3-7,10-14,16H,8-9H2,1-2H3,(H,27,31)(H,28,29,30)/b11-10+/t16-/m1/s1. The number of anilines is 2. The molecule has 1 aromatic carbocycles. The van der Waals surface area contributed by atoms with Crippen LogP contribution in [0.2, 0.25) is 0 Å². The quantitative estimate of drug-likeness (QED) is 0.385. The molecule has 0 saturated heterocycles. The van der Waals surface area contributed by atoms with E-state index in [0.29, 0.717) is 11.9 Å². The lowest BCUT2D eigenvalue weighted by atomic mass is 10.1. The Morgan fingerprint density at radius 2 is 1.97 bits per heavy atom. The average molecular weight is 536 g/mol. The zero-order valence-corrected chi connectivity index (χ0v) is 20.9. The molecule has 1 amide bonds. The summed E-state index contributed by atoms with van der Waals surface area (Å²) >= 11 is 1.18. The van der Waals surface area contributed by atoms with Crippen molar-refractivity contribution in [3.63, 3.8) is 0 Å². The van der Waals surface area contributed by atoms with E-state index in [1.165, 1.54) is 29.1 Å². The number of sulfone groups is 1. The van der Waals surface area contributed by atoms with Crippen LogP contribution in [0, 0.1) is 5.92 Å². The van der Waals surface area contributed by atoms with Gasteiger partial charge in [-0.3, -0.25) is 9.78 Å². The maximum absolute atomic E-state index is 14.3. The highest BCUT2D eigenvalue weighted by molar-refractivity contribution is 7.93. The highest BCUT2D eigenvalue weighted by Crippen LogP contribution is 2.36.